The van der Waals surface area contributed by atoms with E-state index in [4.69, 9.17) is 5.73 Å². The molecule has 1 fully saturated rings. The molecule has 0 atom stereocenters. The average Bonchev–Trinajstić information content (AvgIpc) is 2.73. The SMILES string of the molecule is CN(C)S(=O)(=O)c1ccccc1CN=C(N)N1CCN(c2ccc(F)cc2)CC1.I. The highest BCUT2D eigenvalue weighted by Crippen LogP contribution is 2.20. The van der Waals surface area contributed by atoms with Gasteiger partial charge in [-0.3, -0.25) is 0 Å². The van der Waals surface area contributed by atoms with Crippen LogP contribution in [0.1, 0.15) is 5.56 Å². The van der Waals surface area contributed by atoms with Gasteiger partial charge in [0.15, 0.2) is 5.96 Å². The van der Waals surface area contributed by atoms with Gasteiger partial charge in [0.1, 0.15) is 5.82 Å². The van der Waals surface area contributed by atoms with Gasteiger partial charge in [-0.25, -0.2) is 22.1 Å². The van der Waals surface area contributed by atoms with Crippen LogP contribution in [0.4, 0.5) is 10.1 Å². The smallest absolute Gasteiger partial charge is 0.242 e. The van der Waals surface area contributed by atoms with Gasteiger partial charge in [-0.1, -0.05) is 18.2 Å². The maximum atomic E-state index is 13.1. The van der Waals surface area contributed by atoms with Crippen LogP contribution in [0.15, 0.2) is 58.4 Å². The van der Waals surface area contributed by atoms with E-state index in [0.717, 1.165) is 18.8 Å². The van der Waals surface area contributed by atoms with Crippen LogP contribution in [0.25, 0.3) is 0 Å². The summed E-state index contributed by atoms with van der Waals surface area (Å²) in [6.07, 6.45) is 0. The molecule has 1 saturated heterocycles. The molecule has 2 N–H and O–H groups in total. The predicted octanol–water partition coefficient (Wildman–Crippen LogP) is 2.33. The Morgan fingerprint density at radius 2 is 1.67 bits per heavy atom. The monoisotopic (exact) mass is 547 g/mol. The highest BCUT2D eigenvalue weighted by Gasteiger charge is 2.21. The maximum absolute atomic E-state index is 13.1. The van der Waals surface area contributed by atoms with Crippen molar-refractivity contribution in [3.63, 3.8) is 0 Å². The number of aliphatic imine (C=N–C) groups is 1. The van der Waals surface area contributed by atoms with Crippen LogP contribution in [-0.2, 0) is 16.6 Å². The number of benzene rings is 2. The molecule has 0 bridgehead atoms. The third kappa shape index (κ3) is 5.61. The largest absolute Gasteiger partial charge is 0.370 e. The Morgan fingerprint density at radius 1 is 1.07 bits per heavy atom. The van der Waals surface area contributed by atoms with Crippen LogP contribution in [0.2, 0.25) is 0 Å². The Labute approximate surface area is 194 Å². The van der Waals surface area contributed by atoms with Crippen LogP contribution < -0.4 is 10.6 Å². The zero-order valence-corrected chi connectivity index (χ0v) is 20.2. The van der Waals surface area contributed by atoms with Crippen LogP contribution in [0, 0.1) is 5.82 Å². The molecule has 10 heteroatoms. The van der Waals surface area contributed by atoms with E-state index in [1.54, 1.807) is 36.4 Å². The quantitative estimate of drug-likeness (QED) is 0.353. The molecule has 0 radical (unpaired) electrons. The summed E-state index contributed by atoms with van der Waals surface area (Å²) in [6.45, 7) is 3.04. The minimum atomic E-state index is -3.55. The number of hydrogen-bond acceptors (Lipinski definition) is 4. The van der Waals surface area contributed by atoms with E-state index in [1.165, 1.54) is 30.5 Å². The molecule has 1 heterocycles. The molecule has 1 aliphatic heterocycles. The molecule has 2 aromatic carbocycles. The molecule has 164 valence electrons. The van der Waals surface area contributed by atoms with Crippen molar-refractivity contribution in [1.82, 2.24) is 9.21 Å². The van der Waals surface area contributed by atoms with Crippen molar-refractivity contribution < 1.29 is 12.8 Å². The maximum Gasteiger partial charge on any atom is 0.242 e. The topological polar surface area (TPSA) is 82.2 Å². The minimum Gasteiger partial charge on any atom is -0.370 e. The lowest BCUT2D eigenvalue weighted by molar-refractivity contribution is 0.380. The molecule has 0 saturated carbocycles. The molecular weight excluding hydrogens is 520 g/mol. The third-order valence-corrected chi connectivity index (χ3v) is 6.85. The van der Waals surface area contributed by atoms with Gasteiger partial charge >= 0.3 is 0 Å². The average molecular weight is 547 g/mol. The fourth-order valence-electron chi connectivity index (χ4n) is 3.19. The van der Waals surface area contributed by atoms with E-state index in [2.05, 4.69) is 9.89 Å². The van der Waals surface area contributed by atoms with Crippen LogP contribution >= 0.6 is 24.0 Å². The number of nitrogens with zero attached hydrogens (tertiary/aromatic N) is 4. The van der Waals surface area contributed by atoms with Gasteiger partial charge in [0, 0.05) is 46.0 Å². The van der Waals surface area contributed by atoms with Crippen molar-refractivity contribution in [3.8, 4) is 0 Å². The summed E-state index contributed by atoms with van der Waals surface area (Å²) in [5.41, 5.74) is 7.75. The standard InChI is InChI=1S/C20H26FN5O2S.HI/c1-24(2)29(27,28)19-6-4-3-5-16(19)15-23-20(22)26-13-11-25(12-14-26)18-9-7-17(21)8-10-18;/h3-10H,11-15H2,1-2H3,(H2,22,23);1H. The van der Waals surface area contributed by atoms with Crippen LogP contribution in [0.3, 0.4) is 0 Å². The first-order chi connectivity index (χ1) is 13.8. The van der Waals surface area contributed by atoms with Gasteiger partial charge in [-0.2, -0.15) is 0 Å². The summed E-state index contributed by atoms with van der Waals surface area (Å²) >= 11 is 0. The molecule has 0 unspecified atom stereocenters. The number of guanidine groups is 1. The Bertz CT molecular complexity index is 975. The van der Waals surface area contributed by atoms with E-state index < -0.39 is 10.0 Å². The fourth-order valence-corrected chi connectivity index (χ4v) is 4.30. The summed E-state index contributed by atoms with van der Waals surface area (Å²) in [6, 6.07) is 13.3. The summed E-state index contributed by atoms with van der Waals surface area (Å²) in [5.74, 6) is 0.140. The van der Waals surface area contributed by atoms with E-state index in [-0.39, 0.29) is 41.2 Å². The first-order valence-electron chi connectivity index (χ1n) is 9.35. The second kappa shape index (κ2) is 10.4. The minimum absolute atomic E-state index is 0. The van der Waals surface area contributed by atoms with Gasteiger partial charge in [0.2, 0.25) is 10.0 Å². The van der Waals surface area contributed by atoms with Crippen molar-refractivity contribution in [3.05, 3.63) is 59.9 Å². The third-order valence-electron chi connectivity index (χ3n) is 4.94. The normalized spacial score (nSPS) is 15.3. The van der Waals surface area contributed by atoms with Gasteiger partial charge in [-0.15, -0.1) is 24.0 Å². The number of anilines is 1. The molecule has 0 aliphatic carbocycles. The number of rotatable bonds is 5. The first-order valence-corrected chi connectivity index (χ1v) is 10.8. The lowest BCUT2D eigenvalue weighted by atomic mass is 10.2. The highest BCUT2D eigenvalue weighted by molar-refractivity contribution is 14.0. The Morgan fingerprint density at radius 3 is 2.27 bits per heavy atom. The lowest BCUT2D eigenvalue weighted by Gasteiger charge is -2.36. The van der Waals surface area contributed by atoms with Gasteiger partial charge in [-0.05, 0) is 35.9 Å². The molecule has 2 aromatic rings. The Hall–Kier alpha value is -1.92. The number of sulfonamides is 1. The fraction of sp³-hybridized carbons (Fsp3) is 0.350. The van der Waals surface area contributed by atoms with Crippen molar-refractivity contribution in [2.24, 2.45) is 10.7 Å². The van der Waals surface area contributed by atoms with Crippen molar-refractivity contribution in [2.45, 2.75) is 11.4 Å². The number of nitrogens with two attached hydrogens (primary N) is 1. The zero-order valence-electron chi connectivity index (χ0n) is 17.0. The van der Waals surface area contributed by atoms with Gasteiger partial charge in [0.25, 0.3) is 0 Å². The second-order valence-corrected chi connectivity index (χ2v) is 9.14. The second-order valence-electron chi connectivity index (χ2n) is 7.02. The van der Waals surface area contributed by atoms with Gasteiger partial charge in [0.05, 0.1) is 11.4 Å². The molecule has 0 amide bonds. The molecule has 1 aliphatic rings. The summed E-state index contributed by atoms with van der Waals surface area (Å²) < 4.78 is 39.3. The van der Waals surface area contributed by atoms with Crippen molar-refractivity contribution in [2.75, 3.05) is 45.2 Å². The molecule has 7 nitrogen and oxygen atoms in total. The predicted molar refractivity (Wildman–Crippen MR) is 128 cm³/mol. The zero-order chi connectivity index (χ0) is 21.0. The molecule has 30 heavy (non-hydrogen) atoms. The first kappa shape index (κ1) is 24.4. The molecule has 0 aromatic heterocycles. The van der Waals surface area contributed by atoms with Crippen molar-refractivity contribution >= 4 is 45.6 Å². The van der Waals surface area contributed by atoms with Gasteiger partial charge < -0.3 is 15.5 Å². The van der Waals surface area contributed by atoms with E-state index in [1.807, 2.05) is 4.90 Å². The Balaban J connectivity index is 0.00000320. The summed E-state index contributed by atoms with van der Waals surface area (Å²) in [5, 5.41) is 0. The van der Waals surface area contributed by atoms with E-state index in [0.29, 0.717) is 24.6 Å². The highest BCUT2D eigenvalue weighted by atomic mass is 127. The van der Waals surface area contributed by atoms with Crippen molar-refractivity contribution in [1.29, 1.82) is 0 Å². The molecular formula is C20H27FIN5O2S. The lowest BCUT2D eigenvalue weighted by Crippen LogP contribution is -2.51. The van der Waals surface area contributed by atoms with Crippen LogP contribution in [0.5, 0.6) is 0 Å². The molecule has 3 rings (SSSR count). The van der Waals surface area contributed by atoms with E-state index >= 15 is 0 Å². The number of piperazine rings is 1. The number of halogens is 2. The summed E-state index contributed by atoms with van der Waals surface area (Å²) in [7, 11) is -0.536. The Kier molecular flexibility index (Phi) is 8.44. The van der Waals surface area contributed by atoms with Crippen LogP contribution in [-0.4, -0.2) is 63.9 Å². The molecule has 0 spiro atoms. The van der Waals surface area contributed by atoms with E-state index in [9.17, 15) is 12.8 Å². The summed E-state index contributed by atoms with van der Waals surface area (Å²) in [4.78, 5) is 8.81. The number of hydrogen-bond donors (Lipinski definition) is 1.